The van der Waals surface area contributed by atoms with Crippen LogP contribution in [0.5, 0.6) is 0 Å². The number of nitrogens with zero attached hydrogens (tertiary/aromatic N) is 3. The summed E-state index contributed by atoms with van der Waals surface area (Å²) in [6.45, 7) is 4.33. The maximum Gasteiger partial charge on any atom is 0.420 e. The topological polar surface area (TPSA) is 112 Å². The molecule has 32 heavy (non-hydrogen) atoms. The van der Waals surface area contributed by atoms with Gasteiger partial charge in [0.05, 0.1) is 6.61 Å². The molecule has 2 saturated carbocycles. The van der Waals surface area contributed by atoms with Crippen molar-refractivity contribution in [2.45, 2.75) is 57.8 Å². The van der Waals surface area contributed by atoms with Gasteiger partial charge in [-0.1, -0.05) is 37.3 Å². The molecule has 3 aliphatic rings. The van der Waals surface area contributed by atoms with E-state index in [1.54, 1.807) is 11.8 Å². The minimum absolute atomic E-state index is 0.0462. The lowest BCUT2D eigenvalue weighted by atomic mass is 9.55. The Morgan fingerprint density at radius 1 is 1.22 bits per heavy atom. The van der Waals surface area contributed by atoms with E-state index in [1.165, 1.54) is 0 Å². The maximum atomic E-state index is 13.1. The number of piperidine rings is 1. The second-order valence-electron chi connectivity index (χ2n) is 9.49. The highest BCUT2D eigenvalue weighted by atomic mass is 16.6. The molecule has 0 spiro atoms. The average Bonchev–Trinajstić information content (AvgIpc) is 2.78. The molecule has 6 atom stereocenters. The second kappa shape index (κ2) is 9.04. The number of hydrogen-bond donors (Lipinski definition) is 1. The molecule has 1 aromatic carbocycles. The number of likely N-dealkylation sites (tertiary alicyclic amines) is 1. The summed E-state index contributed by atoms with van der Waals surface area (Å²) in [6, 6.07) is 9.55. The highest BCUT2D eigenvalue weighted by Gasteiger charge is 2.62. The molecule has 8 heteroatoms. The van der Waals surface area contributed by atoms with Crippen LogP contribution in [0, 0.1) is 23.7 Å². The number of aliphatic hydroxyl groups is 1. The van der Waals surface area contributed by atoms with Crippen LogP contribution in [0.25, 0.3) is 5.53 Å². The van der Waals surface area contributed by atoms with Crippen molar-refractivity contribution in [3.05, 3.63) is 41.4 Å². The van der Waals surface area contributed by atoms with Gasteiger partial charge in [0.2, 0.25) is 0 Å². The van der Waals surface area contributed by atoms with Gasteiger partial charge in [0.1, 0.15) is 6.61 Å². The number of carbonyl (C=O) groups is 2. The Kier molecular flexibility index (Phi) is 6.35. The molecule has 2 aliphatic carbocycles. The van der Waals surface area contributed by atoms with Crippen LogP contribution in [0.3, 0.4) is 0 Å². The average molecular weight is 442 g/mol. The lowest BCUT2D eigenvalue weighted by molar-refractivity contribution is -0.157. The quantitative estimate of drug-likeness (QED) is 0.327. The van der Waals surface area contributed by atoms with E-state index in [0.29, 0.717) is 18.8 Å². The van der Waals surface area contributed by atoms with Crippen molar-refractivity contribution < 1.29 is 29.0 Å². The second-order valence-corrected chi connectivity index (χ2v) is 9.49. The zero-order chi connectivity index (χ0) is 22.9. The zero-order valence-corrected chi connectivity index (χ0v) is 18.6. The van der Waals surface area contributed by atoms with E-state index in [0.717, 1.165) is 18.4 Å². The molecule has 1 aliphatic heterocycles. The minimum atomic E-state index is -1.65. The normalized spacial score (nSPS) is 33.1. The number of hydrogen-bond acceptors (Lipinski definition) is 5. The van der Waals surface area contributed by atoms with Gasteiger partial charge in [-0.3, -0.25) is 0 Å². The Labute approximate surface area is 188 Å². The molecule has 2 bridgehead atoms. The van der Waals surface area contributed by atoms with Gasteiger partial charge in [-0.05, 0) is 55.9 Å². The highest BCUT2D eigenvalue weighted by molar-refractivity contribution is 6.37. The molecular weight excluding hydrogens is 410 g/mol. The first-order valence-electron chi connectivity index (χ1n) is 11.5. The highest BCUT2D eigenvalue weighted by Crippen LogP contribution is 2.53. The van der Waals surface area contributed by atoms with E-state index in [1.807, 2.05) is 30.3 Å². The fourth-order valence-corrected chi connectivity index (χ4v) is 6.13. The van der Waals surface area contributed by atoms with Gasteiger partial charge in [-0.25, -0.2) is 9.59 Å². The van der Waals surface area contributed by atoms with Crippen molar-refractivity contribution in [3.8, 4) is 0 Å². The first-order chi connectivity index (χ1) is 15.4. The molecule has 1 unspecified atom stereocenters. The maximum absolute atomic E-state index is 13.1. The summed E-state index contributed by atoms with van der Waals surface area (Å²) >= 11 is 0. The Hall–Kier alpha value is -2.70. The van der Waals surface area contributed by atoms with Crippen LogP contribution in [0.1, 0.15) is 45.1 Å². The third-order valence-electron chi connectivity index (χ3n) is 7.49. The summed E-state index contributed by atoms with van der Waals surface area (Å²) in [5, 5.41) is 11.7. The van der Waals surface area contributed by atoms with E-state index in [-0.39, 0.29) is 43.3 Å². The monoisotopic (exact) mass is 441 g/mol. The van der Waals surface area contributed by atoms with Crippen LogP contribution >= 0.6 is 0 Å². The molecule has 1 heterocycles. The van der Waals surface area contributed by atoms with Crippen LogP contribution in [-0.2, 0) is 20.9 Å². The van der Waals surface area contributed by atoms with Crippen molar-refractivity contribution in [2.75, 3.05) is 13.2 Å². The van der Waals surface area contributed by atoms with Crippen LogP contribution in [-0.4, -0.2) is 57.4 Å². The van der Waals surface area contributed by atoms with Crippen molar-refractivity contribution in [2.24, 2.45) is 23.7 Å². The lowest BCUT2D eigenvalue weighted by Crippen LogP contribution is -2.67. The SMILES string of the molecule is CCOC(=O)C(=[N+]=[N-])C1(O)C[C@@H]2C[C@@H](C)C[C@H]3[C@@H]2C[C@@H]1CN3C(=O)OCc1ccccc1. The summed E-state index contributed by atoms with van der Waals surface area (Å²) in [4.78, 5) is 30.5. The van der Waals surface area contributed by atoms with Gasteiger partial charge in [0, 0.05) is 18.5 Å². The molecule has 8 nitrogen and oxygen atoms in total. The van der Waals surface area contributed by atoms with Gasteiger partial charge in [-0.2, -0.15) is 4.79 Å². The Balaban J connectivity index is 1.60. The molecule has 1 amide bonds. The van der Waals surface area contributed by atoms with Gasteiger partial charge in [0.15, 0.2) is 5.60 Å². The Morgan fingerprint density at radius 3 is 2.66 bits per heavy atom. The zero-order valence-electron chi connectivity index (χ0n) is 18.6. The number of ether oxygens (including phenoxy) is 2. The molecule has 1 N–H and O–H groups in total. The van der Waals surface area contributed by atoms with Crippen molar-refractivity contribution in [3.63, 3.8) is 0 Å². The summed E-state index contributed by atoms with van der Waals surface area (Å²) < 4.78 is 10.7. The Bertz CT molecular complexity index is 915. The van der Waals surface area contributed by atoms with Crippen LogP contribution in [0.4, 0.5) is 4.79 Å². The third-order valence-corrected chi connectivity index (χ3v) is 7.49. The van der Waals surface area contributed by atoms with Crippen molar-refractivity contribution >= 4 is 17.8 Å². The van der Waals surface area contributed by atoms with Crippen molar-refractivity contribution in [1.29, 1.82) is 0 Å². The lowest BCUT2D eigenvalue weighted by Gasteiger charge is -2.57. The number of esters is 1. The predicted molar refractivity (Wildman–Crippen MR) is 115 cm³/mol. The molecular formula is C24H31N3O5. The fraction of sp³-hybridized carbons (Fsp3) is 0.625. The minimum Gasteiger partial charge on any atom is -0.457 e. The molecule has 1 saturated heterocycles. The first-order valence-corrected chi connectivity index (χ1v) is 11.5. The van der Waals surface area contributed by atoms with Gasteiger partial charge >= 0.3 is 17.8 Å². The fourth-order valence-electron chi connectivity index (χ4n) is 6.13. The summed E-state index contributed by atoms with van der Waals surface area (Å²) in [5.41, 5.74) is 8.51. The smallest absolute Gasteiger partial charge is 0.420 e. The third kappa shape index (κ3) is 4.05. The summed E-state index contributed by atoms with van der Waals surface area (Å²) in [5.74, 6) is -0.563. The van der Waals surface area contributed by atoms with E-state index in [4.69, 9.17) is 9.47 Å². The molecule has 0 aromatic heterocycles. The molecule has 3 fully saturated rings. The van der Waals surface area contributed by atoms with Crippen LogP contribution in [0.15, 0.2) is 30.3 Å². The number of benzene rings is 1. The first kappa shape index (κ1) is 22.5. The van der Waals surface area contributed by atoms with E-state index in [2.05, 4.69) is 11.7 Å². The standard InChI is InChI=1S/C24H31N3O5/c1-3-31-22(28)21(26-25)24(30)12-17-9-15(2)10-20-19(17)11-18(24)13-27(20)23(29)32-14-16-7-5-4-6-8-16/h4-8,15,17-20,30H,3,9-14H2,1-2H3/t15-,17+,18-,19-,20+,24?/m1/s1. The summed E-state index contributed by atoms with van der Waals surface area (Å²) in [6.07, 6.45) is 2.37. The van der Waals surface area contributed by atoms with Crippen LogP contribution in [0.2, 0.25) is 0 Å². The van der Waals surface area contributed by atoms with Gasteiger partial charge in [-0.15, -0.1) is 0 Å². The number of rotatable bonds is 5. The number of amides is 1. The van der Waals surface area contributed by atoms with Crippen LogP contribution < -0.4 is 0 Å². The van der Waals surface area contributed by atoms with Gasteiger partial charge < -0.3 is 25.0 Å². The van der Waals surface area contributed by atoms with E-state index >= 15 is 0 Å². The van der Waals surface area contributed by atoms with E-state index in [9.17, 15) is 20.2 Å². The molecule has 1 aromatic rings. The number of carbonyl (C=O) groups excluding carboxylic acids is 2. The molecule has 4 rings (SSSR count). The Morgan fingerprint density at radius 2 is 1.97 bits per heavy atom. The van der Waals surface area contributed by atoms with Crippen molar-refractivity contribution in [1.82, 2.24) is 4.90 Å². The summed E-state index contributed by atoms with van der Waals surface area (Å²) in [7, 11) is 0. The molecule has 0 radical (unpaired) electrons. The predicted octanol–water partition coefficient (Wildman–Crippen LogP) is 3.04. The molecule has 172 valence electrons. The number of fused-ring (bicyclic) bond motifs is 1. The van der Waals surface area contributed by atoms with E-state index < -0.39 is 23.6 Å². The largest absolute Gasteiger partial charge is 0.457 e. The van der Waals surface area contributed by atoms with Gasteiger partial charge in [0.25, 0.3) is 0 Å².